The summed E-state index contributed by atoms with van der Waals surface area (Å²) in [6, 6.07) is 8.42. The molecule has 0 saturated carbocycles. The highest BCUT2D eigenvalue weighted by molar-refractivity contribution is 5.96. The molecule has 0 spiro atoms. The first-order valence-corrected chi connectivity index (χ1v) is 8.96. The maximum absolute atomic E-state index is 12.8. The Labute approximate surface area is 145 Å². The van der Waals surface area contributed by atoms with Gasteiger partial charge in [-0.2, -0.15) is 5.10 Å². The number of nitrogens with one attached hydrogen (secondary N) is 1. The zero-order chi connectivity index (χ0) is 17.7. The van der Waals surface area contributed by atoms with Gasteiger partial charge in [0.05, 0.1) is 22.6 Å². The molecular formula is C20H29N3O. The van der Waals surface area contributed by atoms with Crippen molar-refractivity contribution in [1.29, 1.82) is 0 Å². The van der Waals surface area contributed by atoms with Crippen molar-refractivity contribution in [2.45, 2.75) is 66.3 Å². The molecule has 1 heterocycles. The van der Waals surface area contributed by atoms with E-state index in [4.69, 9.17) is 5.10 Å². The van der Waals surface area contributed by atoms with E-state index >= 15 is 0 Å². The predicted octanol–water partition coefficient (Wildman–Crippen LogP) is 4.22. The standard InChI is InChI=1S/C20H29N3O/c1-6-8-17-19(20(24)21-14(3)4)18(9-7-2)23(22-17)16-12-10-15(5)11-13-16/h10-14H,6-9H2,1-5H3,(H,21,24). The van der Waals surface area contributed by atoms with Gasteiger partial charge in [-0.15, -0.1) is 0 Å². The molecule has 0 aliphatic carbocycles. The summed E-state index contributed by atoms with van der Waals surface area (Å²) in [4.78, 5) is 12.8. The first-order chi connectivity index (χ1) is 11.5. The molecule has 2 rings (SSSR count). The van der Waals surface area contributed by atoms with Crippen LogP contribution in [0.2, 0.25) is 0 Å². The SMILES string of the molecule is CCCc1nn(-c2ccc(C)cc2)c(CCC)c1C(=O)NC(C)C. The van der Waals surface area contributed by atoms with Crippen LogP contribution in [0.3, 0.4) is 0 Å². The number of aromatic nitrogens is 2. The maximum atomic E-state index is 12.8. The lowest BCUT2D eigenvalue weighted by Gasteiger charge is -2.11. The molecule has 0 aliphatic heterocycles. The van der Waals surface area contributed by atoms with Crippen molar-refractivity contribution in [3.63, 3.8) is 0 Å². The van der Waals surface area contributed by atoms with Crippen LogP contribution in [0.5, 0.6) is 0 Å². The molecule has 0 fully saturated rings. The van der Waals surface area contributed by atoms with E-state index in [0.29, 0.717) is 0 Å². The van der Waals surface area contributed by atoms with Crippen molar-refractivity contribution < 1.29 is 4.79 Å². The Balaban J connectivity index is 2.58. The minimum atomic E-state index is -0.00439. The number of aryl methyl sites for hydroxylation is 2. The van der Waals surface area contributed by atoms with Gasteiger partial charge in [-0.25, -0.2) is 4.68 Å². The van der Waals surface area contributed by atoms with E-state index in [1.54, 1.807) is 0 Å². The van der Waals surface area contributed by atoms with Crippen LogP contribution in [0.4, 0.5) is 0 Å². The second kappa shape index (κ2) is 8.13. The van der Waals surface area contributed by atoms with E-state index in [9.17, 15) is 4.79 Å². The lowest BCUT2D eigenvalue weighted by atomic mass is 10.0. The Bertz CT molecular complexity index is 684. The fourth-order valence-corrected chi connectivity index (χ4v) is 2.88. The quantitative estimate of drug-likeness (QED) is 0.827. The highest BCUT2D eigenvalue weighted by atomic mass is 16.1. The van der Waals surface area contributed by atoms with Crippen LogP contribution in [0.1, 0.15) is 67.8 Å². The first kappa shape index (κ1) is 18.2. The van der Waals surface area contributed by atoms with Crippen molar-refractivity contribution in [3.05, 3.63) is 46.8 Å². The number of nitrogens with zero attached hydrogens (tertiary/aromatic N) is 2. The second-order valence-corrected chi connectivity index (χ2v) is 6.64. The Kier molecular flexibility index (Phi) is 6.18. The summed E-state index contributed by atoms with van der Waals surface area (Å²) in [7, 11) is 0. The smallest absolute Gasteiger partial charge is 0.255 e. The molecule has 1 amide bonds. The molecular weight excluding hydrogens is 298 g/mol. The van der Waals surface area contributed by atoms with Gasteiger partial charge in [0, 0.05) is 6.04 Å². The molecule has 1 aromatic carbocycles. The summed E-state index contributed by atoms with van der Waals surface area (Å²) in [5.74, 6) is -0.00439. The van der Waals surface area contributed by atoms with Crippen molar-refractivity contribution in [3.8, 4) is 5.69 Å². The van der Waals surface area contributed by atoms with Crippen molar-refractivity contribution in [2.75, 3.05) is 0 Å². The summed E-state index contributed by atoms with van der Waals surface area (Å²) in [5, 5.41) is 7.84. The normalized spacial score (nSPS) is 11.1. The van der Waals surface area contributed by atoms with Crippen LogP contribution in [-0.4, -0.2) is 21.7 Å². The fourth-order valence-electron chi connectivity index (χ4n) is 2.88. The zero-order valence-electron chi connectivity index (χ0n) is 15.5. The maximum Gasteiger partial charge on any atom is 0.255 e. The lowest BCUT2D eigenvalue weighted by Crippen LogP contribution is -2.31. The minimum Gasteiger partial charge on any atom is -0.350 e. The Morgan fingerprint density at radius 1 is 1.12 bits per heavy atom. The highest BCUT2D eigenvalue weighted by Gasteiger charge is 2.23. The third-order valence-electron chi connectivity index (χ3n) is 3.95. The van der Waals surface area contributed by atoms with E-state index in [1.165, 1.54) is 5.56 Å². The van der Waals surface area contributed by atoms with Gasteiger partial charge in [0.2, 0.25) is 0 Å². The Hall–Kier alpha value is -2.10. The van der Waals surface area contributed by atoms with Crippen molar-refractivity contribution in [2.24, 2.45) is 0 Å². The molecule has 0 aliphatic rings. The fraction of sp³-hybridized carbons (Fsp3) is 0.500. The first-order valence-electron chi connectivity index (χ1n) is 8.96. The predicted molar refractivity (Wildman–Crippen MR) is 98.9 cm³/mol. The number of carbonyl (C=O) groups excluding carboxylic acids is 1. The van der Waals surface area contributed by atoms with Gasteiger partial charge in [0.25, 0.3) is 5.91 Å². The zero-order valence-corrected chi connectivity index (χ0v) is 15.5. The van der Waals surface area contributed by atoms with E-state index in [2.05, 4.69) is 50.4 Å². The van der Waals surface area contributed by atoms with Gasteiger partial charge >= 0.3 is 0 Å². The highest BCUT2D eigenvalue weighted by Crippen LogP contribution is 2.22. The summed E-state index contributed by atoms with van der Waals surface area (Å²) >= 11 is 0. The monoisotopic (exact) mass is 327 g/mol. The topological polar surface area (TPSA) is 46.9 Å². The van der Waals surface area contributed by atoms with Gasteiger partial charge in [-0.05, 0) is 45.7 Å². The molecule has 2 aromatic rings. The number of hydrogen-bond acceptors (Lipinski definition) is 2. The number of rotatable bonds is 7. The van der Waals surface area contributed by atoms with Crippen LogP contribution in [-0.2, 0) is 12.8 Å². The largest absolute Gasteiger partial charge is 0.350 e. The molecule has 0 bridgehead atoms. The molecule has 0 unspecified atom stereocenters. The number of hydrogen-bond donors (Lipinski definition) is 1. The second-order valence-electron chi connectivity index (χ2n) is 6.64. The van der Waals surface area contributed by atoms with Gasteiger partial charge < -0.3 is 5.32 Å². The van der Waals surface area contributed by atoms with Crippen LogP contribution in [0.25, 0.3) is 5.69 Å². The molecule has 4 heteroatoms. The molecule has 0 saturated heterocycles. The number of amides is 1. The Morgan fingerprint density at radius 3 is 2.29 bits per heavy atom. The lowest BCUT2D eigenvalue weighted by molar-refractivity contribution is 0.0941. The van der Waals surface area contributed by atoms with Gasteiger partial charge in [-0.3, -0.25) is 4.79 Å². The van der Waals surface area contributed by atoms with E-state index in [-0.39, 0.29) is 11.9 Å². The molecule has 130 valence electrons. The molecule has 1 N–H and O–H groups in total. The molecule has 0 radical (unpaired) electrons. The van der Waals surface area contributed by atoms with Gasteiger partial charge in [-0.1, -0.05) is 44.4 Å². The number of benzene rings is 1. The summed E-state index contributed by atoms with van der Waals surface area (Å²) in [6.45, 7) is 10.3. The molecule has 24 heavy (non-hydrogen) atoms. The van der Waals surface area contributed by atoms with Crippen molar-refractivity contribution in [1.82, 2.24) is 15.1 Å². The van der Waals surface area contributed by atoms with Crippen LogP contribution >= 0.6 is 0 Å². The summed E-state index contributed by atoms with van der Waals surface area (Å²) in [5.41, 5.74) is 4.93. The van der Waals surface area contributed by atoms with Gasteiger partial charge in [0.15, 0.2) is 0 Å². The van der Waals surface area contributed by atoms with Crippen LogP contribution < -0.4 is 5.32 Å². The molecule has 0 atom stereocenters. The van der Waals surface area contributed by atoms with Crippen LogP contribution in [0, 0.1) is 6.92 Å². The van der Waals surface area contributed by atoms with Gasteiger partial charge in [0.1, 0.15) is 0 Å². The average molecular weight is 327 g/mol. The average Bonchev–Trinajstić information content (AvgIpc) is 2.86. The van der Waals surface area contributed by atoms with E-state index < -0.39 is 0 Å². The number of carbonyl (C=O) groups is 1. The summed E-state index contributed by atoms with van der Waals surface area (Å²) in [6.07, 6.45) is 3.60. The minimum absolute atomic E-state index is 0.00439. The third-order valence-corrected chi connectivity index (χ3v) is 3.95. The molecule has 1 aromatic heterocycles. The van der Waals surface area contributed by atoms with E-state index in [1.807, 2.05) is 18.5 Å². The van der Waals surface area contributed by atoms with E-state index in [0.717, 1.165) is 48.3 Å². The Morgan fingerprint density at radius 2 is 1.75 bits per heavy atom. The third kappa shape index (κ3) is 4.05. The summed E-state index contributed by atoms with van der Waals surface area (Å²) < 4.78 is 1.96. The van der Waals surface area contributed by atoms with Crippen LogP contribution in [0.15, 0.2) is 24.3 Å². The molecule has 4 nitrogen and oxygen atoms in total. The van der Waals surface area contributed by atoms with Crippen molar-refractivity contribution >= 4 is 5.91 Å².